The zero-order valence-corrected chi connectivity index (χ0v) is 5.37. The molecule has 1 saturated heterocycles. The van der Waals surface area contributed by atoms with Crippen molar-refractivity contribution in [2.45, 2.75) is 18.9 Å². The summed E-state index contributed by atoms with van der Waals surface area (Å²) in [7, 11) is 0. The average Bonchev–Trinajstić information content (AvgIpc) is 2.14. The Balaban J connectivity index is 0.000000490. The summed E-state index contributed by atoms with van der Waals surface area (Å²) in [5.41, 5.74) is 0. The summed E-state index contributed by atoms with van der Waals surface area (Å²) in [5.74, 6) is 0. The summed E-state index contributed by atoms with van der Waals surface area (Å²) in [4.78, 5) is 0. The van der Waals surface area contributed by atoms with Crippen LogP contribution in [0, 0.1) is 11.3 Å². The minimum absolute atomic E-state index is 0. The van der Waals surface area contributed by atoms with Gasteiger partial charge in [0.25, 0.3) is 0 Å². The summed E-state index contributed by atoms with van der Waals surface area (Å²) in [6, 6.07) is 2.31. The van der Waals surface area contributed by atoms with E-state index in [9.17, 15) is 0 Å². The fourth-order valence-corrected chi connectivity index (χ4v) is 0.795. The van der Waals surface area contributed by atoms with Crippen LogP contribution in [0.1, 0.15) is 12.8 Å². The SMILES string of the molecule is Cl.N#CC1CCCN1. The number of nitrogens with one attached hydrogen (secondary N) is 1. The maximum absolute atomic E-state index is 8.25. The fourth-order valence-electron chi connectivity index (χ4n) is 0.795. The number of halogens is 1. The molecule has 1 aliphatic rings. The lowest BCUT2D eigenvalue weighted by atomic mass is 10.2. The van der Waals surface area contributed by atoms with Gasteiger partial charge in [-0.1, -0.05) is 0 Å². The van der Waals surface area contributed by atoms with E-state index in [1.807, 2.05) is 0 Å². The quantitative estimate of drug-likeness (QED) is 0.526. The summed E-state index contributed by atoms with van der Waals surface area (Å²) >= 11 is 0. The summed E-state index contributed by atoms with van der Waals surface area (Å²) < 4.78 is 0. The van der Waals surface area contributed by atoms with Gasteiger partial charge in [0.05, 0.1) is 12.1 Å². The minimum Gasteiger partial charge on any atom is -0.302 e. The molecule has 0 saturated carbocycles. The third-order valence-electron chi connectivity index (χ3n) is 1.22. The first kappa shape index (κ1) is 7.74. The van der Waals surface area contributed by atoms with Crippen molar-refractivity contribution in [3.63, 3.8) is 0 Å². The van der Waals surface area contributed by atoms with Gasteiger partial charge in [0.2, 0.25) is 0 Å². The first-order valence-electron chi connectivity index (χ1n) is 2.56. The van der Waals surface area contributed by atoms with E-state index in [4.69, 9.17) is 5.26 Å². The lowest BCUT2D eigenvalue weighted by molar-refractivity contribution is 0.740. The van der Waals surface area contributed by atoms with E-state index >= 15 is 0 Å². The first-order chi connectivity index (χ1) is 3.43. The molecule has 0 aromatic heterocycles. The van der Waals surface area contributed by atoms with Crippen molar-refractivity contribution in [3.05, 3.63) is 0 Å². The molecule has 46 valence electrons. The molecule has 1 heterocycles. The van der Waals surface area contributed by atoms with E-state index in [0.29, 0.717) is 0 Å². The zero-order valence-electron chi connectivity index (χ0n) is 4.55. The monoisotopic (exact) mass is 132 g/mol. The Labute approximate surface area is 55.3 Å². The van der Waals surface area contributed by atoms with E-state index in [1.54, 1.807) is 0 Å². The van der Waals surface area contributed by atoms with Gasteiger partial charge in [-0.3, -0.25) is 0 Å². The predicted molar refractivity (Wildman–Crippen MR) is 33.9 cm³/mol. The highest BCUT2D eigenvalue weighted by Crippen LogP contribution is 2.01. The number of hydrogen-bond donors (Lipinski definition) is 1. The van der Waals surface area contributed by atoms with Crippen LogP contribution in [0.2, 0.25) is 0 Å². The summed E-state index contributed by atoms with van der Waals surface area (Å²) in [5, 5.41) is 11.3. The van der Waals surface area contributed by atoms with Gasteiger partial charge in [-0.15, -0.1) is 12.4 Å². The standard InChI is InChI=1S/C5H8N2.ClH/c6-4-5-2-1-3-7-5;/h5,7H,1-3H2;1H. The van der Waals surface area contributed by atoms with Crippen molar-refractivity contribution >= 4 is 12.4 Å². The Morgan fingerprint density at radius 1 is 1.62 bits per heavy atom. The smallest absolute Gasteiger partial charge is 0.0953 e. The van der Waals surface area contributed by atoms with E-state index in [0.717, 1.165) is 19.4 Å². The highest BCUT2D eigenvalue weighted by Gasteiger charge is 2.10. The van der Waals surface area contributed by atoms with Crippen LogP contribution in [0.25, 0.3) is 0 Å². The Kier molecular flexibility index (Phi) is 3.59. The molecule has 2 nitrogen and oxygen atoms in total. The van der Waals surface area contributed by atoms with E-state index in [1.165, 1.54) is 0 Å². The van der Waals surface area contributed by atoms with Gasteiger partial charge < -0.3 is 5.32 Å². The van der Waals surface area contributed by atoms with Crippen LogP contribution >= 0.6 is 12.4 Å². The molecule has 0 spiro atoms. The second-order valence-electron chi connectivity index (χ2n) is 1.78. The van der Waals surface area contributed by atoms with Crippen LogP contribution in [-0.2, 0) is 0 Å². The molecule has 1 N–H and O–H groups in total. The third kappa shape index (κ3) is 1.69. The van der Waals surface area contributed by atoms with Crippen LogP contribution in [-0.4, -0.2) is 12.6 Å². The number of hydrogen-bond acceptors (Lipinski definition) is 2. The van der Waals surface area contributed by atoms with Gasteiger partial charge in [-0.05, 0) is 19.4 Å². The van der Waals surface area contributed by atoms with Crippen LogP contribution < -0.4 is 5.32 Å². The molecule has 1 unspecified atom stereocenters. The van der Waals surface area contributed by atoms with E-state index in [-0.39, 0.29) is 18.4 Å². The van der Waals surface area contributed by atoms with Crippen LogP contribution in [0.4, 0.5) is 0 Å². The van der Waals surface area contributed by atoms with Gasteiger partial charge in [0, 0.05) is 0 Å². The molecule has 1 atom stereocenters. The minimum atomic E-state index is 0. The molecule has 1 aliphatic heterocycles. The van der Waals surface area contributed by atoms with Gasteiger partial charge >= 0.3 is 0 Å². The molecule has 1 fully saturated rings. The van der Waals surface area contributed by atoms with Crippen molar-refractivity contribution in [1.82, 2.24) is 5.32 Å². The normalized spacial score (nSPS) is 26.1. The molecule has 3 heteroatoms. The van der Waals surface area contributed by atoms with Crippen LogP contribution in [0.3, 0.4) is 0 Å². The molecular formula is C5H9ClN2. The number of nitriles is 1. The molecule has 8 heavy (non-hydrogen) atoms. The largest absolute Gasteiger partial charge is 0.302 e. The van der Waals surface area contributed by atoms with Crippen molar-refractivity contribution < 1.29 is 0 Å². The van der Waals surface area contributed by atoms with Crippen molar-refractivity contribution in [1.29, 1.82) is 5.26 Å². The van der Waals surface area contributed by atoms with Gasteiger partial charge in [0.15, 0.2) is 0 Å². The van der Waals surface area contributed by atoms with Gasteiger partial charge in [-0.2, -0.15) is 5.26 Å². The molecule has 0 bridgehead atoms. The Bertz CT molecular complexity index is 91.1. The Hall–Kier alpha value is -0.260. The van der Waals surface area contributed by atoms with Crippen molar-refractivity contribution in [2.75, 3.05) is 6.54 Å². The van der Waals surface area contributed by atoms with Crippen molar-refractivity contribution in [2.24, 2.45) is 0 Å². The maximum Gasteiger partial charge on any atom is 0.0953 e. The lowest BCUT2D eigenvalue weighted by Gasteiger charge is -1.91. The molecule has 1 rings (SSSR count). The topological polar surface area (TPSA) is 35.8 Å². The molecule has 0 amide bonds. The number of nitrogens with zero attached hydrogens (tertiary/aromatic N) is 1. The number of rotatable bonds is 0. The van der Waals surface area contributed by atoms with Gasteiger partial charge in [0.1, 0.15) is 0 Å². The second-order valence-corrected chi connectivity index (χ2v) is 1.78. The fraction of sp³-hybridized carbons (Fsp3) is 0.800. The van der Waals surface area contributed by atoms with E-state index < -0.39 is 0 Å². The van der Waals surface area contributed by atoms with Crippen LogP contribution in [0.5, 0.6) is 0 Å². The first-order valence-corrected chi connectivity index (χ1v) is 2.56. The Morgan fingerprint density at radius 3 is 2.62 bits per heavy atom. The predicted octanol–water partition coefficient (Wildman–Crippen LogP) is 0.684. The molecular weight excluding hydrogens is 124 g/mol. The lowest BCUT2D eigenvalue weighted by Crippen LogP contribution is -2.18. The molecule has 0 radical (unpaired) electrons. The maximum atomic E-state index is 8.25. The van der Waals surface area contributed by atoms with E-state index in [2.05, 4.69) is 11.4 Å². The second kappa shape index (κ2) is 3.71. The highest BCUT2D eigenvalue weighted by molar-refractivity contribution is 5.85. The highest BCUT2D eigenvalue weighted by atomic mass is 35.5. The Morgan fingerprint density at radius 2 is 2.38 bits per heavy atom. The van der Waals surface area contributed by atoms with Gasteiger partial charge in [-0.25, -0.2) is 0 Å². The average molecular weight is 133 g/mol. The zero-order chi connectivity index (χ0) is 5.11. The van der Waals surface area contributed by atoms with Crippen LogP contribution in [0.15, 0.2) is 0 Å². The summed E-state index contributed by atoms with van der Waals surface area (Å²) in [6.07, 6.45) is 2.20. The molecule has 0 aromatic rings. The third-order valence-corrected chi connectivity index (χ3v) is 1.22. The molecule has 0 aliphatic carbocycles. The summed E-state index contributed by atoms with van der Waals surface area (Å²) in [6.45, 7) is 1.03. The van der Waals surface area contributed by atoms with Crippen molar-refractivity contribution in [3.8, 4) is 6.07 Å². The molecule has 0 aromatic carbocycles.